The zero-order valence-corrected chi connectivity index (χ0v) is 9.61. The average Bonchev–Trinajstić information content (AvgIpc) is 2.73. The number of phenols is 1. The van der Waals surface area contributed by atoms with Crippen LogP contribution in [0, 0.1) is 0 Å². The van der Waals surface area contributed by atoms with Crippen LogP contribution in [0.15, 0.2) is 48.8 Å². The Morgan fingerprint density at radius 2 is 2.00 bits per heavy atom. The summed E-state index contributed by atoms with van der Waals surface area (Å²) < 4.78 is 1.79. The van der Waals surface area contributed by atoms with E-state index in [1.165, 1.54) is 0 Å². The molecular formula is C14H12N2O2. The molecule has 3 rings (SSSR count). The highest BCUT2D eigenvalue weighted by atomic mass is 16.3. The maximum Gasteiger partial charge on any atom is 0.179 e. The molecule has 0 fully saturated rings. The van der Waals surface area contributed by atoms with Crippen molar-refractivity contribution in [2.75, 3.05) is 0 Å². The maximum absolute atomic E-state index is 9.67. The molecule has 0 atom stereocenters. The van der Waals surface area contributed by atoms with Gasteiger partial charge in [-0.2, -0.15) is 0 Å². The van der Waals surface area contributed by atoms with Gasteiger partial charge in [0.05, 0.1) is 5.69 Å². The Bertz CT molecular complexity index is 704. The molecule has 0 amide bonds. The minimum atomic E-state index is 0.166. The van der Waals surface area contributed by atoms with E-state index in [4.69, 9.17) is 0 Å². The van der Waals surface area contributed by atoms with E-state index < -0.39 is 0 Å². The molecule has 0 aliphatic rings. The molecule has 0 unspecified atom stereocenters. The van der Waals surface area contributed by atoms with Crippen LogP contribution in [-0.4, -0.2) is 19.6 Å². The fourth-order valence-electron chi connectivity index (χ4n) is 2.01. The summed E-state index contributed by atoms with van der Waals surface area (Å²) in [5, 5.41) is 19.1. The van der Waals surface area contributed by atoms with Gasteiger partial charge in [-0.3, -0.25) is 0 Å². The Morgan fingerprint density at radius 1 is 1.11 bits per heavy atom. The van der Waals surface area contributed by atoms with Crippen LogP contribution in [0.3, 0.4) is 0 Å². The standard InChI is InChI=1S/C14H12N2O2/c17-12-4-1-3-10(8-12)7-11-9-16-6-2-5-13(18)14(16)15-11/h1-6,8-9,17-18H,7H2. The monoisotopic (exact) mass is 240 g/mol. The minimum Gasteiger partial charge on any atom is -0.508 e. The van der Waals surface area contributed by atoms with Gasteiger partial charge in [-0.15, -0.1) is 0 Å². The lowest BCUT2D eigenvalue weighted by atomic mass is 10.1. The largest absolute Gasteiger partial charge is 0.508 e. The van der Waals surface area contributed by atoms with Crippen molar-refractivity contribution in [3.8, 4) is 11.5 Å². The first-order chi connectivity index (χ1) is 8.72. The zero-order chi connectivity index (χ0) is 12.5. The summed E-state index contributed by atoms with van der Waals surface area (Å²) >= 11 is 0. The van der Waals surface area contributed by atoms with Gasteiger partial charge in [0.2, 0.25) is 0 Å². The van der Waals surface area contributed by atoms with Gasteiger partial charge >= 0.3 is 0 Å². The van der Waals surface area contributed by atoms with Crippen molar-refractivity contribution in [1.82, 2.24) is 9.38 Å². The lowest BCUT2D eigenvalue weighted by Crippen LogP contribution is -1.87. The van der Waals surface area contributed by atoms with E-state index >= 15 is 0 Å². The summed E-state index contributed by atoms with van der Waals surface area (Å²) in [5.74, 6) is 0.416. The summed E-state index contributed by atoms with van der Waals surface area (Å²) in [7, 11) is 0. The van der Waals surface area contributed by atoms with Crippen molar-refractivity contribution in [1.29, 1.82) is 0 Å². The van der Waals surface area contributed by atoms with E-state index in [9.17, 15) is 10.2 Å². The molecule has 2 heterocycles. The molecule has 4 nitrogen and oxygen atoms in total. The molecule has 4 heteroatoms. The van der Waals surface area contributed by atoms with Gasteiger partial charge in [-0.25, -0.2) is 4.98 Å². The van der Waals surface area contributed by atoms with Crippen molar-refractivity contribution in [3.63, 3.8) is 0 Å². The molecule has 2 N–H and O–H groups in total. The predicted molar refractivity (Wildman–Crippen MR) is 67.8 cm³/mol. The Morgan fingerprint density at radius 3 is 2.78 bits per heavy atom. The number of nitrogens with zero attached hydrogens (tertiary/aromatic N) is 2. The second kappa shape index (κ2) is 4.07. The third-order valence-electron chi connectivity index (χ3n) is 2.81. The van der Waals surface area contributed by atoms with E-state index in [1.807, 2.05) is 18.5 Å². The highest BCUT2D eigenvalue weighted by Crippen LogP contribution is 2.19. The molecule has 0 aliphatic heterocycles. The van der Waals surface area contributed by atoms with Gasteiger partial charge in [-0.05, 0) is 29.8 Å². The fraction of sp³-hybridized carbons (Fsp3) is 0.0714. The van der Waals surface area contributed by atoms with E-state index in [1.54, 1.807) is 34.7 Å². The molecule has 0 saturated carbocycles. The number of aromatic hydroxyl groups is 2. The maximum atomic E-state index is 9.67. The summed E-state index contributed by atoms with van der Waals surface area (Å²) in [5.41, 5.74) is 2.38. The molecule has 0 spiro atoms. The highest BCUT2D eigenvalue weighted by Gasteiger charge is 2.06. The summed E-state index contributed by atoms with van der Waals surface area (Å²) in [4.78, 5) is 4.37. The fourth-order valence-corrected chi connectivity index (χ4v) is 2.01. The predicted octanol–water partition coefficient (Wildman–Crippen LogP) is 2.34. The van der Waals surface area contributed by atoms with Gasteiger partial charge in [-0.1, -0.05) is 12.1 Å². The number of benzene rings is 1. The molecule has 0 saturated heterocycles. The smallest absolute Gasteiger partial charge is 0.179 e. The third-order valence-corrected chi connectivity index (χ3v) is 2.81. The van der Waals surface area contributed by atoms with E-state index in [0.29, 0.717) is 12.1 Å². The number of rotatable bonds is 2. The second-order valence-corrected chi connectivity index (χ2v) is 4.20. The molecule has 2 aromatic heterocycles. The van der Waals surface area contributed by atoms with Gasteiger partial charge in [0.1, 0.15) is 5.75 Å². The third kappa shape index (κ3) is 1.88. The summed E-state index contributed by atoms with van der Waals surface area (Å²) in [6, 6.07) is 10.5. The van der Waals surface area contributed by atoms with Crippen LogP contribution in [0.4, 0.5) is 0 Å². The number of hydrogen-bond acceptors (Lipinski definition) is 3. The van der Waals surface area contributed by atoms with Gasteiger partial charge < -0.3 is 14.6 Å². The first kappa shape index (κ1) is 10.7. The number of imidazole rings is 1. The molecule has 0 aliphatic carbocycles. The van der Waals surface area contributed by atoms with Crippen molar-refractivity contribution < 1.29 is 10.2 Å². The Hall–Kier alpha value is -2.49. The van der Waals surface area contributed by atoms with E-state index in [-0.39, 0.29) is 11.5 Å². The van der Waals surface area contributed by atoms with Gasteiger partial charge in [0.15, 0.2) is 11.4 Å². The van der Waals surface area contributed by atoms with Crippen LogP contribution < -0.4 is 0 Å². The normalized spacial score (nSPS) is 10.9. The Kier molecular flexibility index (Phi) is 2.41. The summed E-state index contributed by atoms with van der Waals surface area (Å²) in [6.07, 6.45) is 4.34. The molecule has 0 bridgehead atoms. The molecule has 1 aromatic carbocycles. The second-order valence-electron chi connectivity index (χ2n) is 4.20. The Balaban J connectivity index is 1.98. The SMILES string of the molecule is Oc1cccc(Cc2cn3cccc(O)c3n2)c1. The lowest BCUT2D eigenvalue weighted by molar-refractivity contribution is 0.474. The quantitative estimate of drug-likeness (QED) is 0.722. The van der Waals surface area contributed by atoms with Crippen LogP contribution in [-0.2, 0) is 6.42 Å². The highest BCUT2D eigenvalue weighted by molar-refractivity contribution is 5.53. The van der Waals surface area contributed by atoms with Crippen LogP contribution in [0.25, 0.3) is 5.65 Å². The average molecular weight is 240 g/mol. The first-order valence-corrected chi connectivity index (χ1v) is 5.66. The van der Waals surface area contributed by atoms with Crippen molar-refractivity contribution >= 4 is 5.65 Å². The van der Waals surface area contributed by atoms with Crippen molar-refractivity contribution in [3.05, 3.63) is 60.0 Å². The number of pyridine rings is 1. The first-order valence-electron chi connectivity index (χ1n) is 5.66. The van der Waals surface area contributed by atoms with Gasteiger partial charge in [0.25, 0.3) is 0 Å². The minimum absolute atomic E-state index is 0.166. The Labute approximate surface area is 104 Å². The van der Waals surface area contributed by atoms with Gasteiger partial charge in [0, 0.05) is 18.8 Å². The molecule has 90 valence electrons. The van der Waals surface area contributed by atoms with Crippen molar-refractivity contribution in [2.24, 2.45) is 0 Å². The van der Waals surface area contributed by atoms with E-state index in [0.717, 1.165) is 11.3 Å². The van der Waals surface area contributed by atoms with Crippen LogP contribution >= 0.6 is 0 Å². The number of fused-ring (bicyclic) bond motifs is 1. The molecule has 0 radical (unpaired) electrons. The zero-order valence-electron chi connectivity index (χ0n) is 9.61. The van der Waals surface area contributed by atoms with E-state index in [2.05, 4.69) is 4.98 Å². The topological polar surface area (TPSA) is 57.8 Å². The lowest BCUT2D eigenvalue weighted by Gasteiger charge is -1.98. The molecule has 18 heavy (non-hydrogen) atoms. The number of phenolic OH excluding ortho intramolecular Hbond substituents is 1. The number of hydrogen-bond donors (Lipinski definition) is 2. The summed E-state index contributed by atoms with van der Waals surface area (Å²) in [6.45, 7) is 0. The van der Waals surface area contributed by atoms with Crippen LogP contribution in [0.5, 0.6) is 11.5 Å². The van der Waals surface area contributed by atoms with Crippen molar-refractivity contribution in [2.45, 2.75) is 6.42 Å². The number of aromatic nitrogens is 2. The molecule has 3 aromatic rings. The molecular weight excluding hydrogens is 228 g/mol. The van der Waals surface area contributed by atoms with Crippen LogP contribution in [0.1, 0.15) is 11.3 Å². The van der Waals surface area contributed by atoms with Crippen LogP contribution in [0.2, 0.25) is 0 Å².